The topological polar surface area (TPSA) is 102 Å². The van der Waals surface area contributed by atoms with Gasteiger partial charge in [-0.1, -0.05) is 38.3 Å². The van der Waals surface area contributed by atoms with Gasteiger partial charge in [0.15, 0.2) is 0 Å². The normalized spacial score (nSPS) is 11.0. The summed E-state index contributed by atoms with van der Waals surface area (Å²) >= 11 is 0. The van der Waals surface area contributed by atoms with Crippen molar-refractivity contribution >= 4 is 11.9 Å². The molecule has 0 amide bonds. The lowest BCUT2D eigenvalue weighted by Gasteiger charge is -2.29. The summed E-state index contributed by atoms with van der Waals surface area (Å²) in [4.78, 5) is 23.4. The smallest absolute Gasteiger partial charge is 0.338 e. The lowest BCUT2D eigenvalue weighted by Crippen LogP contribution is -2.41. The van der Waals surface area contributed by atoms with Crippen LogP contribution >= 0.6 is 0 Å². The molecule has 0 aliphatic carbocycles. The van der Waals surface area contributed by atoms with Crippen molar-refractivity contribution in [3.05, 3.63) is 72.3 Å². The summed E-state index contributed by atoms with van der Waals surface area (Å²) in [7, 11) is 0. The van der Waals surface area contributed by atoms with Crippen molar-refractivity contribution in [2.75, 3.05) is 26.4 Å². The Balaban J connectivity index is 2.14. The largest absolute Gasteiger partial charge is 0.493 e. The third-order valence-corrected chi connectivity index (χ3v) is 5.26. The molecule has 2 aromatic carbocycles. The molecule has 0 spiro atoms. The van der Waals surface area contributed by atoms with Crippen molar-refractivity contribution in [3.8, 4) is 22.6 Å². The van der Waals surface area contributed by atoms with Gasteiger partial charge < -0.3 is 24.4 Å². The van der Waals surface area contributed by atoms with Gasteiger partial charge in [-0.25, -0.2) is 9.59 Å². The zero-order chi connectivity index (χ0) is 25.3. The molecule has 7 nitrogen and oxygen atoms in total. The van der Waals surface area contributed by atoms with E-state index >= 15 is 0 Å². The monoisotopic (exact) mass is 468 g/mol. The molecule has 0 saturated carbocycles. The summed E-state index contributed by atoms with van der Waals surface area (Å²) in [6, 6.07) is 12.8. The standard InChI is InChI=1S/C27H32O7/c1-6-20-13-23(32-16-27(14-28,15-29)17-33-25(30)18(2)3)11-12-24(20)21-7-9-22(10-8-21)34-26(31)19(4)5/h7-13,28-29H,2,4,6,14-17H2,1,3,5H3. The van der Waals surface area contributed by atoms with Crippen molar-refractivity contribution in [2.24, 2.45) is 5.41 Å². The third kappa shape index (κ3) is 7.04. The van der Waals surface area contributed by atoms with Crippen LogP contribution in [0.3, 0.4) is 0 Å². The molecular formula is C27H32O7. The first kappa shape index (κ1) is 26.8. The number of aliphatic hydroxyl groups excluding tert-OH is 2. The van der Waals surface area contributed by atoms with Crippen LogP contribution in [0.5, 0.6) is 11.5 Å². The fraction of sp³-hybridized carbons (Fsp3) is 0.333. The molecule has 0 aromatic heterocycles. The van der Waals surface area contributed by atoms with Gasteiger partial charge in [-0.3, -0.25) is 0 Å². The number of hydrogen-bond acceptors (Lipinski definition) is 7. The van der Waals surface area contributed by atoms with Gasteiger partial charge in [0.2, 0.25) is 0 Å². The number of ether oxygens (including phenoxy) is 3. The van der Waals surface area contributed by atoms with E-state index in [-0.39, 0.29) is 18.8 Å². The second-order valence-corrected chi connectivity index (χ2v) is 8.33. The highest BCUT2D eigenvalue weighted by atomic mass is 16.5. The van der Waals surface area contributed by atoms with Gasteiger partial charge >= 0.3 is 11.9 Å². The van der Waals surface area contributed by atoms with Crippen molar-refractivity contribution in [2.45, 2.75) is 27.2 Å². The molecule has 0 saturated heterocycles. The molecular weight excluding hydrogens is 436 g/mol. The van der Waals surface area contributed by atoms with E-state index in [1.165, 1.54) is 6.92 Å². The van der Waals surface area contributed by atoms with Crippen LogP contribution < -0.4 is 9.47 Å². The van der Waals surface area contributed by atoms with Gasteiger partial charge in [0.1, 0.15) is 24.7 Å². The van der Waals surface area contributed by atoms with E-state index in [0.29, 0.717) is 17.1 Å². The van der Waals surface area contributed by atoms with Crippen LogP contribution in [0.25, 0.3) is 11.1 Å². The maximum absolute atomic E-state index is 11.7. The van der Waals surface area contributed by atoms with Gasteiger partial charge in [-0.05, 0) is 61.2 Å². The molecule has 0 heterocycles. The second kappa shape index (κ2) is 12.2. The van der Waals surface area contributed by atoms with Gasteiger partial charge in [-0.2, -0.15) is 0 Å². The third-order valence-electron chi connectivity index (χ3n) is 5.26. The second-order valence-electron chi connectivity index (χ2n) is 8.33. The molecule has 0 aliphatic rings. The molecule has 2 N–H and O–H groups in total. The number of rotatable bonds is 12. The fourth-order valence-electron chi connectivity index (χ4n) is 2.98. The lowest BCUT2D eigenvalue weighted by molar-refractivity contribution is -0.146. The Morgan fingerprint density at radius 2 is 1.47 bits per heavy atom. The molecule has 7 heteroatoms. The lowest BCUT2D eigenvalue weighted by atomic mass is 9.92. The quantitative estimate of drug-likeness (QED) is 0.277. The molecule has 0 unspecified atom stereocenters. The van der Waals surface area contributed by atoms with Crippen molar-refractivity contribution in [1.29, 1.82) is 0 Å². The Kier molecular flexibility index (Phi) is 9.59. The number of esters is 2. The maximum Gasteiger partial charge on any atom is 0.338 e. The van der Waals surface area contributed by atoms with E-state index in [4.69, 9.17) is 14.2 Å². The average molecular weight is 469 g/mol. The highest BCUT2D eigenvalue weighted by Crippen LogP contribution is 2.30. The van der Waals surface area contributed by atoms with Crippen LogP contribution in [0.15, 0.2) is 66.8 Å². The first-order valence-electron chi connectivity index (χ1n) is 10.9. The molecule has 34 heavy (non-hydrogen) atoms. The zero-order valence-corrected chi connectivity index (χ0v) is 19.9. The van der Waals surface area contributed by atoms with Crippen LogP contribution in [0.2, 0.25) is 0 Å². The number of benzene rings is 2. The van der Waals surface area contributed by atoms with Crippen LogP contribution in [0, 0.1) is 5.41 Å². The van der Waals surface area contributed by atoms with Crippen LogP contribution in [-0.2, 0) is 20.7 Å². The molecule has 182 valence electrons. The van der Waals surface area contributed by atoms with Gasteiger partial charge in [-0.15, -0.1) is 0 Å². The Morgan fingerprint density at radius 1 is 0.882 bits per heavy atom. The number of aryl methyl sites for hydroxylation is 1. The summed E-state index contributed by atoms with van der Waals surface area (Å²) in [6.07, 6.45) is 0.736. The predicted octanol–water partition coefficient (Wildman–Crippen LogP) is 3.87. The van der Waals surface area contributed by atoms with E-state index in [1.807, 2.05) is 31.2 Å². The van der Waals surface area contributed by atoms with Crippen LogP contribution in [-0.4, -0.2) is 48.6 Å². The zero-order valence-electron chi connectivity index (χ0n) is 19.9. The summed E-state index contributed by atoms with van der Waals surface area (Å²) in [5.41, 5.74) is 2.39. The first-order valence-corrected chi connectivity index (χ1v) is 10.9. The highest BCUT2D eigenvalue weighted by Gasteiger charge is 2.32. The Labute approximate surface area is 200 Å². The van der Waals surface area contributed by atoms with Crippen LogP contribution in [0.1, 0.15) is 26.3 Å². The minimum Gasteiger partial charge on any atom is -0.493 e. The summed E-state index contributed by atoms with van der Waals surface area (Å²) < 4.78 is 16.2. The molecule has 2 rings (SSSR count). The van der Waals surface area contributed by atoms with Gasteiger partial charge in [0.25, 0.3) is 0 Å². The Hall–Kier alpha value is -3.42. The van der Waals surface area contributed by atoms with Crippen molar-refractivity contribution in [1.82, 2.24) is 0 Å². The van der Waals surface area contributed by atoms with E-state index < -0.39 is 30.6 Å². The Bertz CT molecular complexity index is 1030. The molecule has 2 aromatic rings. The summed E-state index contributed by atoms with van der Waals surface area (Å²) in [6.45, 7) is 11.1. The predicted molar refractivity (Wildman–Crippen MR) is 130 cm³/mol. The van der Waals surface area contributed by atoms with E-state index in [0.717, 1.165) is 23.1 Å². The number of hydrogen-bond donors (Lipinski definition) is 2. The SMILES string of the molecule is C=C(C)C(=O)OCC(CO)(CO)COc1ccc(-c2ccc(OC(=O)C(=C)C)cc2)c(CC)c1. The minimum atomic E-state index is -1.15. The molecule has 0 atom stereocenters. The molecule has 0 bridgehead atoms. The maximum atomic E-state index is 11.7. The van der Waals surface area contributed by atoms with E-state index in [2.05, 4.69) is 13.2 Å². The van der Waals surface area contributed by atoms with Gasteiger partial charge in [0.05, 0.1) is 18.6 Å². The van der Waals surface area contributed by atoms with E-state index in [1.54, 1.807) is 25.1 Å². The number of aliphatic hydroxyl groups is 2. The van der Waals surface area contributed by atoms with E-state index in [9.17, 15) is 19.8 Å². The van der Waals surface area contributed by atoms with Crippen LogP contribution in [0.4, 0.5) is 0 Å². The number of carbonyl (C=O) groups is 2. The highest BCUT2D eigenvalue weighted by molar-refractivity contribution is 5.89. The summed E-state index contributed by atoms with van der Waals surface area (Å²) in [5.74, 6) is -0.0689. The van der Waals surface area contributed by atoms with Crippen molar-refractivity contribution in [3.63, 3.8) is 0 Å². The minimum absolute atomic E-state index is 0.0469. The molecule has 0 aliphatic heterocycles. The van der Waals surface area contributed by atoms with Crippen molar-refractivity contribution < 1.29 is 34.0 Å². The average Bonchev–Trinajstić information content (AvgIpc) is 2.84. The van der Waals surface area contributed by atoms with Gasteiger partial charge in [0, 0.05) is 11.1 Å². The number of carbonyl (C=O) groups excluding carboxylic acids is 2. The Morgan fingerprint density at radius 3 is 2.00 bits per heavy atom. The molecule has 0 radical (unpaired) electrons. The first-order chi connectivity index (χ1) is 16.1. The summed E-state index contributed by atoms with van der Waals surface area (Å²) in [5, 5.41) is 19.6. The molecule has 0 fully saturated rings. The fourth-order valence-corrected chi connectivity index (χ4v) is 2.98.